The second-order valence-corrected chi connectivity index (χ2v) is 9.72. The standard InChI is InChI=1S/C28H30FN3O5/c1-32-15-16(26(34)30-11-3-4-12-33)13-19-17-7-6-10-22-24(17)21(14-23(19)32)28(31-22,37-2)20-9-5-8-18(25(20)29)27(35)36/h5-10,13,16,23,33H,3-4,11-12,14-15H2,1-2H3,(H,30,34)(H,35,36)/t16-,23-,28?/m1/s1. The van der Waals surface area contributed by atoms with Crippen molar-refractivity contribution in [3.05, 3.63) is 75.6 Å². The summed E-state index contributed by atoms with van der Waals surface area (Å²) >= 11 is 0. The number of aliphatic hydroxyl groups is 1. The zero-order valence-electron chi connectivity index (χ0n) is 20.8. The van der Waals surface area contributed by atoms with Crippen molar-refractivity contribution < 1.29 is 28.9 Å². The van der Waals surface area contributed by atoms with Crippen LogP contribution < -0.4 is 15.9 Å². The molecule has 0 aromatic heterocycles. The van der Waals surface area contributed by atoms with Gasteiger partial charge in [0.15, 0.2) is 0 Å². The third-order valence-electron chi connectivity index (χ3n) is 7.61. The molecule has 3 atom stereocenters. The number of likely N-dealkylation sites (N-methyl/N-ethyl adjacent to an activating group) is 1. The molecule has 1 unspecified atom stereocenters. The monoisotopic (exact) mass is 507 g/mol. The first kappa shape index (κ1) is 25.3. The minimum Gasteiger partial charge on any atom is -0.478 e. The lowest BCUT2D eigenvalue weighted by Gasteiger charge is -2.41. The molecule has 0 fully saturated rings. The molecule has 0 saturated carbocycles. The molecule has 2 aromatic carbocycles. The largest absolute Gasteiger partial charge is 0.478 e. The van der Waals surface area contributed by atoms with Gasteiger partial charge in [0.05, 0.1) is 16.8 Å². The van der Waals surface area contributed by atoms with E-state index >= 15 is 4.39 Å². The van der Waals surface area contributed by atoms with Crippen LogP contribution in [0.3, 0.4) is 0 Å². The summed E-state index contributed by atoms with van der Waals surface area (Å²) in [6.45, 7) is 1.13. The summed E-state index contributed by atoms with van der Waals surface area (Å²) in [6, 6.07) is 9.90. The molecule has 2 aromatic rings. The number of carboxylic acids is 1. The fraction of sp³-hybridized carbons (Fsp3) is 0.393. The van der Waals surface area contributed by atoms with Gasteiger partial charge >= 0.3 is 5.97 Å². The number of nitrogens with one attached hydrogen (secondary N) is 1. The number of aliphatic hydroxyl groups excluding tert-OH is 1. The van der Waals surface area contributed by atoms with E-state index in [-0.39, 0.29) is 30.0 Å². The van der Waals surface area contributed by atoms with Gasteiger partial charge in [-0.05, 0) is 49.6 Å². The number of fused-ring (bicyclic) bond motifs is 2. The highest BCUT2D eigenvalue weighted by Gasteiger charge is 2.47. The maximum absolute atomic E-state index is 15.5. The molecule has 0 saturated heterocycles. The van der Waals surface area contributed by atoms with Gasteiger partial charge in [0, 0.05) is 49.2 Å². The van der Waals surface area contributed by atoms with Crippen LogP contribution in [-0.4, -0.2) is 66.9 Å². The Morgan fingerprint density at radius 3 is 2.76 bits per heavy atom. The first-order valence-electron chi connectivity index (χ1n) is 12.4. The minimum atomic E-state index is -1.48. The number of halogens is 1. The lowest BCUT2D eigenvalue weighted by Crippen LogP contribution is -2.49. The Labute approximate surface area is 213 Å². The zero-order chi connectivity index (χ0) is 26.3. The molecule has 0 radical (unpaired) electrons. The second kappa shape index (κ2) is 9.81. The third kappa shape index (κ3) is 4.07. The molecule has 2 aliphatic heterocycles. The predicted octanol–water partition coefficient (Wildman–Crippen LogP) is 1.41. The van der Waals surface area contributed by atoms with E-state index in [1.54, 1.807) is 0 Å². The SMILES string of the molecule is COC1(c2cccc(C(=O)O)c2F)N=c2cccc3c2=C1C[C@@H]1C3=C[C@@H](C(=O)NCCCCO)CN1C. The van der Waals surface area contributed by atoms with Gasteiger partial charge < -0.3 is 20.3 Å². The number of aromatic carboxylic acids is 1. The van der Waals surface area contributed by atoms with E-state index in [4.69, 9.17) is 14.8 Å². The number of ether oxygens (including phenoxy) is 1. The van der Waals surface area contributed by atoms with Crippen LogP contribution in [0.5, 0.6) is 0 Å². The molecule has 37 heavy (non-hydrogen) atoms. The summed E-state index contributed by atoms with van der Waals surface area (Å²) in [5.41, 5.74) is 0.875. The number of rotatable bonds is 8. The summed E-state index contributed by atoms with van der Waals surface area (Å²) in [5, 5.41) is 22.9. The fourth-order valence-corrected chi connectivity index (χ4v) is 5.82. The van der Waals surface area contributed by atoms with Crippen LogP contribution in [0.2, 0.25) is 0 Å². The predicted molar refractivity (Wildman–Crippen MR) is 135 cm³/mol. The maximum Gasteiger partial charge on any atom is 0.338 e. The second-order valence-electron chi connectivity index (χ2n) is 9.72. The van der Waals surface area contributed by atoms with Crippen LogP contribution in [0.4, 0.5) is 4.39 Å². The van der Waals surface area contributed by atoms with Crippen LogP contribution in [-0.2, 0) is 15.3 Å². The number of carboxylic acid groups (broad SMARTS) is 1. The molecule has 3 aliphatic rings. The average molecular weight is 508 g/mol. The van der Waals surface area contributed by atoms with Crippen LogP contribution in [0.25, 0.3) is 11.1 Å². The maximum atomic E-state index is 15.5. The number of hydrogen-bond acceptors (Lipinski definition) is 6. The normalized spacial score (nSPS) is 24.1. The Morgan fingerprint density at radius 2 is 2.03 bits per heavy atom. The first-order chi connectivity index (χ1) is 17.8. The molecule has 9 heteroatoms. The summed E-state index contributed by atoms with van der Waals surface area (Å²) in [7, 11) is 3.42. The van der Waals surface area contributed by atoms with Gasteiger partial charge in [-0.2, -0.15) is 0 Å². The van der Waals surface area contributed by atoms with Gasteiger partial charge in [0.2, 0.25) is 11.6 Å². The summed E-state index contributed by atoms with van der Waals surface area (Å²) in [6.07, 6.45) is 3.88. The molecular formula is C28H30FN3O5. The molecule has 2 heterocycles. The summed E-state index contributed by atoms with van der Waals surface area (Å²) < 4.78 is 21.5. The molecule has 0 bridgehead atoms. The molecule has 0 spiro atoms. The highest BCUT2D eigenvalue weighted by molar-refractivity contribution is 5.89. The summed E-state index contributed by atoms with van der Waals surface area (Å²) in [5.74, 6) is -2.60. The van der Waals surface area contributed by atoms with Crippen molar-refractivity contribution in [1.82, 2.24) is 10.2 Å². The first-order valence-corrected chi connectivity index (χ1v) is 12.4. The Kier molecular flexibility index (Phi) is 6.70. The molecule has 1 aliphatic carbocycles. The smallest absolute Gasteiger partial charge is 0.338 e. The number of benzene rings is 2. The Hall–Kier alpha value is -3.40. The molecule has 3 N–H and O–H groups in total. The third-order valence-corrected chi connectivity index (χ3v) is 7.61. The lowest BCUT2D eigenvalue weighted by atomic mass is 9.76. The topological polar surface area (TPSA) is 111 Å². The lowest BCUT2D eigenvalue weighted by molar-refractivity contribution is -0.124. The Morgan fingerprint density at radius 1 is 1.24 bits per heavy atom. The molecule has 1 amide bonds. The average Bonchev–Trinajstić information content (AvgIpc) is 3.22. The summed E-state index contributed by atoms with van der Waals surface area (Å²) in [4.78, 5) is 31.5. The van der Waals surface area contributed by atoms with Gasteiger partial charge in [-0.3, -0.25) is 9.69 Å². The highest BCUT2D eigenvalue weighted by Crippen LogP contribution is 2.45. The van der Waals surface area contributed by atoms with Crippen molar-refractivity contribution >= 4 is 23.0 Å². The Bertz CT molecular complexity index is 1420. The van der Waals surface area contributed by atoms with Crippen molar-refractivity contribution in [3.63, 3.8) is 0 Å². The van der Waals surface area contributed by atoms with Gasteiger partial charge in [0.25, 0.3) is 0 Å². The number of hydrogen-bond donors (Lipinski definition) is 3. The molecule has 8 nitrogen and oxygen atoms in total. The van der Waals surface area contributed by atoms with E-state index in [9.17, 15) is 14.7 Å². The van der Waals surface area contributed by atoms with E-state index in [0.29, 0.717) is 31.3 Å². The van der Waals surface area contributed by atoms with E-state index in [2.05, 4.69) is 10.2 Å². The van der Waals surface area contributed by atoms with E-state index in [0.717, 1.165) is 28.3 Å². The van der Waals surface area contributed by atoms with Crippen molar-refractivity contribution in [3.8, 4) is 0 Å². The van der Waals surface area contributed by atoms with Crippen LogP contribution in [0.15, 0.2) is 47.5 Å². The fourth-order valence-electron chi connectivity index (χ4n) is 5.82. The molecular weight excluding hydrogens is 477 g/mol. The molecule has 194 valence electrons. The van der Waals surface area contributed by atoms with Crippen molar-refractivity contribution in [2.24, 2.45) is 10.9 Å². The van der Waals surface area contributed by atoms with E-state index in [1.807, 2.05) is 31.3 Å². The van der Waals surface area contributed by atoms with Gasteiger partial charge in [-0.15, -0.1) is 0 Å². The minimum absolute atomic E-state index is 0.0541. The van der Waals surface area contributed by atoms with Crippen molar-refractivity contribution in [2.45, 2.75) is 31.0 Å². The van der Waals surface area contributed by atoms with Gasteiger partial charge in [-0.25, -0.2) is 14.2 Å². The van der Waals surface area contributed by atoms with Gasteiger partial charge in [0.1, 0.15) is 5.82 Å². The number of unbranched alkanes of at least 4 members (excludes halogenated alkanes) is 1. The highest BCUT2D eigenvalue weighted by atomic mass is 19.1. The van der Waals surface area contributed by atoms with Crippen LogP contribution >= 0.6 is 0 Å². The number of amides is 1. The van der Waals surface area contributed by atoms with E-state index in [1.165, 1.54) is 25.3 Å². The number of carbonyl (C=O) groups excluding carboxylic acids is 1. The van der Waals surface area contributed by atoms with Crippen molar-refractivity contribution in [1.29, 1.82) is 0 Å². The van der Waals surface area contributed by atoms with Crippen LogP contribution in [0, 0.1) is 11.7 Å². The number of methoxy groups -OCH3 is 1. The van der Waals surface area contributed by atoms with Crippen LogP contribution in [0.1, 0.15) is 40.7 Å². The van der Waals surface area contributed by atoms with E-state index < -0.39 is 23.1 Å². The van der Waals surface area contributed by atoms with Crippen molar-refractivity contribution in [2.75, 3.05) is 33.9 Å². The number of nitrogens with zero attached hydrogens (tertiary/aromatic N) is 2. The quantitative estimate of drug-likeness (QED) is 0.466. The number of carbonyl (C=O) groups is 2. The zero-order valence-corrected chi connectivity index (χ0v) is 20.8. The molecule has 5 rings (SSSR count). The Balaban J connectivity index is 1.62. The van der Waals surface area contributed by atoms with Gasteiger partial charge in [-0.1, -0.05) is 30.3 Å².